The molecule has 0 atom stereocenters. The van der Waals surface area contributed by atoms with E-state index >= 15 is 0 Å². The predicted octanol–water partition coefficient (Wildman–Crippen LogP) is 5.65. The van der Waals surface area contributed by atoms with Gasteiger partial charge in [-0.2, -0.15) is 0 Å². The fourth-order valence-electron chi connectivity index (χ4n) is 3.14. The largest absolute Gasteiger partial charge is 0.344 e. The zero-order valence-electron chi connectivity index (χ0n) is 17.3. The van der Waals surface area contributed by atoms with Crippen molar-refractivity contribution in [3.63, 3.8) is 0 Å². The molecule has 0 radical (unpaired) electrons. The summed E-state index contributed by atoms with van der Waals surface area (Å²) >= 11 is 1.61. The summed E-state index contributed by atoms with van der Waals surface area (Å²) in [6.07, 6.45) is 3.46. The fourth-order valence-corrected chi connectivity index (χ4v) is 3.84. The van der Waals surface area contributed by atoms with E-state index in [2.05, 4.69) is 39.0 Å². The van der Waals surface area contributed by atoms with Gasteiger partial charge >= 0.3 is 0 Å². The third-order valence-electron chi connectivity index (χ3n) is 4.74. The van der Waals surface area contributed by atoms with Crippen LogP contribution >= 0.6 is 11.9 Å². The molecule has 0 bridgehead atoms. The molecule has 4 rings (SSSR count). The van der Waals surface area contributed by atoms with Crippen LogP contribution in [0, 0.1) is 5.41 Å². The molecule has 0 aliphatic heterocycles. The first-order valence-electron chi connectivity index (χ1n) is 9.85. The number of carbonyl (C=O) groups excluding carboxylic acids is 1. The van der Waals surface area contributed by atoms with E-state index in [9.17, 15) is 4.79 Å². The first kappa shape index (κ1) is 20.3. The Morgan fingerprint density at radius 3 is 2.67 bits per heavy atom. The van der Waals surface area contributed by atoms with Gasteiger partial charge in [0, 0.05) is 28.6 Å². The van der Waals surface area contributed by atoms with Crippen LogP contribution in [0.15, 0.2) is 71.9 Å². The number of fused-ring (bicyclic) bond motifs is 1. The summed E-state index contributed by atoms with van der Waals surface area (Å²) in [5.41, 5.74) is 4.24. The third kappa shape index (κ3) is 4.45. The average Bonchev–Trinajstić information content (AvgIpc) is 3.16. The summed E-state index contributed by atoms with van der Waals surface area (Å²) in [5, 5.41) is 0. The Morgan fingerprint density at radius 2 is 1.90 bits per heavy atom. The molecule has 0 saturated carbocycles. The van der Waals surface area contributed by atoms with Crippen molar-refractivity contribution in [2.75, 3.05) is 0 Å². The Labute approximate surface area is 180 Å². The molecule has 6 heteroatoms. The van der Waals surface area contributed by atoms with Gasteiger partial charge in [0.25, 0.3) is 0 Å². The maximum atomic E-state index is 12.8. The Kier molecular flexibility index (Phi) is 5.70. The lowest BCUT2D eigenvalue weighted by Gasteiger charge is -2.15. The number of rotatable bonds is 6. The van der Waals surface area contributed by atoms with Crippen molar-refractivity contribution in [2.24, 2.45) is 5.41 Å². The molecule has 2 aromatic heterocycles. The number of benzene rings is 2. The van der Waals surface area contributed by atoms with Gasteiger partial charge in [0.05, 0.1) is 17.5 Å². The molecule has 0 unspecified atom stereocenters. The van der Waals surface area contributed by atoms with Crippen LogP contribution in [0.5, 0.6) is 0 Å². The molecule has 0 amide bonds. The van der Waals surface area contributed by atoms with Gasteiger partial charge in [-0.1, -0.05) is 57.2 Å². The number of aromatic nitrogens is 3. The minimum absolute atomic E-state index is 0.0519. The lowest BCUT2D eigenvalue weighted by Crippen LogP contribution is -2.20. The monoisotopic (exact) mass is 416 g/mol. The molecule has 0 aliphatic rings. The average molecular weight is 417 g/mol. The van der Waals surface area contributed by atoms with E-state index in [1.54, 1.807) is 24.3 Å². The minimum Gasteiger partial charge on any atom is -0.344 e. The maximum Gasteiger partial charge on any atom is 0.171 e. The van der Waals surface area contributed by atoms with Crippen LogP contribution in [0.25, 0.3) is 22.4 Å². The highest BCUT2D eigenvalue weighted by molar-refractivity contribution is 7.97. The number of nitrogens with one attached hydrogen (secondary N) is 2. The molecule has 5 nitrogen and oxygen atoms in total. The van der Waals surface area contributed by atoms with E-state index < -0.39 is 5.41 Å². The van der Waals surface area contributed by atoms with Crippen molar-refractivity contribution in [1.82, 2.24) is 19.7 Å². The van der Waals surface area contributed by atoms with Crippen molar-refractivity contribution in [3.8, 4) is 11.3 Å². The topological polar surface area (TPSA) is 70.7 Å². The number of hydrogen-bond acceptors (Lipinski definition) is 5. The standard InChI is InChI=1S/C24H24N4OS/c1-24(2,3)22(29)19-14-25-23-21(19)28-20(15-26-23)17-9-7-8-16(12-17)13-27-30-18-10-5-4-6-11-18/h4-12,14-15,27H,13H2,1-3H3,(H,25,26). The van der Waals surface area contributed by atoms with Crippen LogP contribution in [0.4, 0.5) is 0 Å². The van der Waals surface area contributed by atoms with Gasteiger partial charge in [-0.25, -0.2) is 9.97 Å². The van der Waals surface area contributed by atoms with E-state index in [1.807, 2.05) is 51.1 Å². The summed E-state index contributed by atoms with van der Waals surface area (Å²) in [4.78, 5) is 26.3. The minimum atomic E-state index is -0.477. The quantitative estimate of drug-likeness (QED) is 0.314. The SMILES string of the molecule is CC(C)(C)C(=O)c1c[nH]c2ncc(-c3cccc(CNSc4ccccc4)c3)nc12. The van der Waals surface area contributed by atoms with Crippen LogP contribution in [0.2, 0.25) is 0 Å². The number of aromatic amines is 1. The molecule has 2 aromatic carbocycles. The lowest BCUT2D eigenvalue weighted by atomic mass is 9.87. The van der Waals surface area contributed by atoms with E-state index in [-0.39, 0.29) is 5.78 Å². The molecule has 0 saturated heterocycles. The molecular weight excluding hydrogens is 392 g/mol. The Hall–Kier alpha value is -2.96. The molecule has 2 heterocycles. The van der Waals surface area contributed by atoms with E-state index in [1.165, 1.54) is 4.90 Å². The Balaban J connectivity index is 1.56. The highest BCUT2D eigenvalue weighted by Gasteiger charge is 2.26. The van der Waals surface area contributed by atoms with Crippen LogP contribution in [-0.2, 0) is 6.54 Å². The van der Waals surface area contributed by atoms with Gasteiger partial charge in [-0.15, -0.1) is 0 Å². The number of Topliss-reactive ketones (excluding diaryl/α,β-unsaturated/α-hetero) is 1. The van der Waals surface area contributed by atoms with Crippen molar-refractivity contribution < 1.29 is 4.79 Å². The first-order valence-corrected chi connectivity index (χ1v) is 10.7. The van der Waals surface area contributed by atoms with E-state index in [0.717, 1.165) is 23.4 Å². The molecule has 30 heavy (non-hydrogen) atoms. The van der Waals surface area contributed by atoms with Crippen LogP contribution in [0.3, 0.4) is 0 Å². The molecule has 0 fully saturated rings. The Morgan fingerprint density at radius 1 is 1.10 bits per heavy atom. The van der Waals surface area contributed by atoms with Crippen molar-refractivity contribution in [3.05, 3.63) is 78.1 Å². The normalized spacial score (nSPS) is 11.7. The van der Waals surface area contributed by atoms with E-state index in [4.69, 9.17) is 4.98 Å². The second-order valence-corrected chi connectivity index (χ2v) is 9.13. The smallest absolute Gasteiger partial charge is 0.171 e. The van der Waals surface area contributed by atoms with Gasteiger partial charge in [-0.3, -0.25) is 9.52 Å². The number of nitrogens with zero attached hydrogens (tertiary/aromatic N) is 2. The number of hydrogen-bond donors (Lipinski definition) is 2. The van der Waals surface area contributed by atoms with Gasteiger partial charge in [0.2, 0.25) is 0 Å². The maximum absolute atomic E-state index is 12.8. The number of carbonyl (C=O) groups is 1. The molecule has 0 aliphatic carbocycles. The van der Waals surface area contributed by atoms with Crippen LogP contribution in [0.1, 0.15) is 36.7 Å². The van der Waals surface area contributed by atoms with Gasteiger partial charge < -0.3 is 4.98 Å². The van der Waals surface area contributed by atoms with Crippen molar-refractivity contribution >= 4 is 28.9 Å². The Bertz CT molecular complexity index is 1180. The highest BCUT2D eigenvalue weighted by Crippen LogP contribution is 2.27. The fraction of sp³-hybridized carbons (Fsp3) is 0.208. The van der Waals surface area contributed by atoms with Crippen molar-refractivity contribution in [1.29, 1.82) is 0 Å². The van der Waals surface area contributed by atoms with Crippen LogP contribution < -0.4 is 4.72 Å². The predicted molar refractivity (Wildman–Crippen MR) is 122 cm³/mol. The van der Waals surface area contributed by atoms with E-state index in [0.29, 0.717) is 16.7 Å². The number of ketones is 1. The molecular formula is C24H24N4OS. The summed E-state index contributed by atoms with van der Waals surface area (Å²) < 4.78 is 3.39. The highest BCUT2D eigenvalue weighted by atomic mass is 32.2. The summed E-state index contributed by atoms with van der Waals surface area (Å²) in [6, 6.07) is 18.4. The molecule has 0 spiro atoms. The third-order valence-corrected chi connectivity index (χ3v) is 5.54. The van der Waals surface area contributed by atoms with Gasteiger partial charge in [-0.05, 0) is 35.7 Å². The summed E-state index contributed by atoms with van der Waals surface area (Å²) in [5.74, 6) is 0.0519. The molecule has 4 aromatic rings. The zero-order chi connectivity index (χ0) is 21.1. The molecule has 152 valence electrons. The summed E-state index contributed by atoms with van der Waals surface area (Å²) in [7, 11) is 0. The lowest BCUT2D eigenvalue weighted by molar-refractivity contribution is 0.0860. The van der Waals surface area contributed by atoms with Crippen LogP contribution in [-0.4, -0.2) is 20.7 Å². The summed E-state index contributed by atoms with van der Waals surface area (Å²) in [6.45, 7) is 6.46. The zero-order valence-corrected chi connectivity index (χ0v) is 18.1. The number of H-pyrrole nitrogens is 1. The van der Waals surface area contributed by atoms with Gasteiger partial charge in [0.1, 0.15) is 5.52 Å². The molecule has 2 N–H and O–H groups in total. The van der Waals surface area contributed by atoms with Crippen molar-refractivity contribution in [2.45, 2.75) is 32.2 Å². The van der Waals surface area contributed by atoms with Gasteiger partial charge in [0.15, 0.2) is 11.4 Å². The first-order chi connectivity index (χ1) is 14.4. The second-order valence-electron chi connectivity index (χ2n) is 8.17. The second kappa shape index (κ2) is 8.42.